The van der Waals surface area contributed by atoms with Crippen molar-refractivity contribution in [2.24, 2.45) is 11.8 Å². The number of halogens is 3. The SMILES string of the molecule is C1=C(c2cncc(Oc3ccccc3)c2)C2CNCC1C2.O=C(O)C(F)(F)F. The number of hydrogen-bond acceptors (Lipinski definition) is 4. The number of nitrogens with one attached hydrogen (secondary N) is 1. The van der Waals surface area contributed by atoms with E-state index in [-0.39, 0.29) is 0 Å². The Morgan fingerprint density at radius 3 is 2.50 bits per heavy atom. The lowest BCUT2D eigenvalue weighted by molar-refractivity contribution is -0.192. The van der Waals surface area contributed by atoms with Crippen molar-refractivity contribution in [1.82, 2.24) is 10.3 Å². The van der Waals surface area contributed by atoms with E-state index >= 15 is 0 Å². The number of piperidine rings is 1. The second-order valence-electron chi connectivity index (χ2n) is 6.60. The molecule has 1 fully saturated rings. The third-order valence-electron chi connectivity index (χ3n) is 4.51. The number of pyridine rings is 1. The number of para-hydroxylation sites is 1. The van der Waals surface area contributed by atoms with E-state index in [1.54, 1.807) is 6.20 Å². The van der Waals surface area contributed by atoms with Crippen LogP contribution in [-0.4, -0.2) is 35.3 Å². The van der Waals surface area contributed by atoms with Crippen LogP contribution in [0.3, 0.4) is 0 Å². The molecule has 0 saturated carbocycles. The average molecular weight is 392 g/mol. The number of aromatic nitrogens is 1. The smallest absolute Gasteiger partial charge is 0.475 e. The van der Waals surface area contributed by atoms with Crippen molar-refractivity contribution >= 4 is 11.5 Å². The van der Waals surface area contributed by atoms with Gasteiger partial charge in [0, 0.05) is 19.3 Å². The lowest BCUT2D eigenvalue weighted by Crippen LogP contribution is -2.31. The first-order valence-corrected chi connectivity index (χ1v) is 8.74. The molecule has 8 heteroatoms. The number of aliphatic carboxylic acids is 1. The molecule has 1 saturated heterocycles. The summed E-state index contributed by atoms with van der Waals surface area (Å²) in [6.45, 7) is 2.18. The summed E-state index contributed by atoms with van der Waals surface area (Å²) in [5, 5.41) is 10.6. The Kier molecular flexibility index (Phi) is 5.99. The van der Waals surface area contributed by atoms with Gasteiger partial charge in [-0.25, -0.2) is 4.79 Å². The number of fused-ring (bicyclic) bond motifs is 2. The molecule has 2 atom stereocenters. The van der Waals surface area contributed by atoms with Gasteiger partial charge < -0.3 is 15.2 Å². The molecular weight excluding hydrogens is 373 g/mol. The number of ether oxygens (including phenoxy) is 1. The Bertz CT molecular complexity index is 853. The van der Waals surface area contributed by atoms with Gasteiger partial charge in [-0.05, 0) is 47.6 Å². The molecule has 2 unspecified atom stereocenters. The summed E-state index contributed by atoms with van der Waals surface area (Å²) >= 11 is 0. The molecule has 0 amide bonds. The van der Waals surface area contributed by atoms with Gasteiger partial charge >= 0.3 is 12.1 Å². The normalized spacial score (nSPS) is 20.6. The molecule has 2 aliphatic rings. The molecule has 2 heterocycles. The maximum absolute atomic E-state index is 10.6. The first kappa shape index (κ1) is 19.9. The fourth-order valence-electron chi connectivity index (χ4n) is 3.32. The predicted molar refractivity (Wildman–Crippen MR) is 96.9 cm³/mol. The van der Waals surface area contributed by atoms with Gasteiger partial charge in [-0.15, -0.1) is 0 Å². The van der Waals surface area contributed by atoms with Gasteiger partial charge in [0.2, 0.25) is 0 Å². The summed E-state index contributed by atoms with van der Waals surface area (Å²) in [4.78, 5) is 13.2. The molecule has 2 bridgehead atoms. The van der Waals surface area contributed by atoms with Crippen molar-refractivity contribution in [3.8, 4) is 11.5 Å². The number of rotatable bonds is 3. The second-order valence-corrected chi connectivity index (χ2v) is 6.60. The zero-order chi connectivity index (χ0) is 20.1. The second kappa shape index (κ2) is 8.43. The minimum atomic E-state index is -5.08. The van der Waals surface area contributed by atoms with Crippen LogP contribution in [0.25, 0.3) is 5.57 Å². The van der Waals surface area contributed by atoms with E-state index in [2.05, 4.69) is 22.4 Å². The fourth-order valence-corrected chi connectivity index (χ4v) is 3.32. The van der Waals surface area contributed by atoms with Crippen LogP contribution in [0.5, 0.6) is 11.5 Å². The molecule has 4 rings (SSSR count). The van der Waals surface area contributed by atoms with Crippen LogP contribution in [0, 0.1) is 11.8 Å². The highest BCUT2D eigenvalue weighted by Gasteiger charge is 2.38. The molecule has 148 valence electrons. The molecule has 1 aromatic heterocycles. The minimum Gasteiger partial charge on any atom is -0.475 e. The van der Waals surface area contributed by atoms with Crippen LogP contribution in [0.1, 0.15) is 12.0 Å². The van der Waals surface area contributed by atoms with Crippen LogP contribution < -0.4 is 10.1 Å². The molecule has 0 spiro atoms. The third-order valence-corrected chi connectivity index (χ3v) is 4.51. The lowest BCUT2D eigenvalue weighted by atomic mass is 9.93. The highest BCUT2D eigenvalue weighted by Crippen LogP contribution is 2.39. The van der Waals surface area contributed by atoms with E-state index in [9.17, 15) is 13.2 Å². The number of alkyl halides is 3. The van der Waals surface area contributed by atoms with E-state index in [4.69, 9.17) is 14.6 Å². The Labute approximate surface area is 159 Å². The summed E-state index contributed by atoms with van der Waals surface area (Å²) in [6.07, 6.45) is 2.32. The zero-order valence-corrected chi connectivity index (χ0v) is 14.8. The monoisotopic (exact) mass is 392 g/mol. The molecule has 2 aromatic rings. The quantitative estimate of drug-likeness (QED) is 0.822. The molecule has 28 heavy (non-hydrogen) atoms. The van der Waals surface area contributed by atoms with Crippen molar-refractivity contribution < 1.29 is 27.8 Å². The number of hydrogen-bond donors (Lipinski definition) is 2. The summed E-state index contributed by atoms with van der Waals surface area (Å²) in [7, 11) is 0. The van der Waals surface area contributed by atoms with Crippen molar-refractivity contribution in [1.29, 1.82) is 0 Å². The molecule has 1 aliphatic heterocycles. The van der Waals surface area contributed by atoms with Crippen molar-refractivity contribution in [3.05, 3.63) is 60.4 Å². The van der Waals surface area contributed by atoms with E-state index in [1.165, 1.54) is 17.6 Å². The fraction of sp³-hybridized carbons (Fsp3) is 0.300. The summed E-state index contributed by atoms with van der Waals surface area (Å²) in [5.41, 5.74) is 2.62. The molecule has 2 N–H and O–H groups in total. The Morgan fingerprint density at radius 1 is 1.14 bits per heavy atom. The topological polar surface area (TPSA) is 71.5 Å². The van der Waals surface area contributed by atoms with E-state index < -0.39 is 12.1 Å². The van der Waals surface area contributed by atoms with Gasteiger partial charge in [0.05, 0.1) is 6.20 Å². The summed E-state index contributed by atoms with van der Waals surface area (Å²) in [5.74, 6) is 0.189. The maximum Gasteiger partial charge on any atom is 0.490 e. The highest BCUT2D eigenvalue weighted by atomic mass is 19.4. The summed E-state index contributed by atoms with van der Waals surface area (Å²) in [6, 6.07) is 11.9. The number of carbonyl (C=O) groups is 1. The minimum absolute atomic E-state index is 0.623. The van der Waals surface area contributed by atoms with E-state index in [0.29, 0.717) is 11.8 Å². The van der Waals surface area contributed by atoms with Gasteiger partial charge in [-0.2, -0.15) is 13.2 Å². The molecule has 1 aliphatic carbocycles. The Hall–Kier alpha value is -2.87. The molecule has 0 radical (unpaired) electrons. The number of nitrogens with zero attached hydrogens (tertiary/aromatic N) is 1. The van der Waals surface area contributed by atoms with Crippen LogP contribution in [0.15, 0.2) is 54.9 Å². The van der Waals surface area contributed by atoms with Crippen LogP contribution in [0.4, 0.5) is 13.2 Å². The first-order valence-electron chi connectivity index (χ1n) is 8.74. The van der Waals surface area contributed by atoms with E-state index in [0.717, 1.165) is 24.6 Å². The number of benzene rings is 1. The van der Waals surface area contributed by atoms with Crippen molar-refractivity contribution in [2.75, 3.05) is 13.1 Å². The third kappa shape index (κ3) is 5.10. The number of carboxylic acid groups (broad SMARTS) is 1. The van der Waals surface area contributed by atoms with Gasteiger partial charge in [-0.3, -0.25) is 4.98 Å². The highest BCUT2D eigenvalue weighted by molar-refractivity contribution is 5.73. The first-order chi connectivity index (χ1) is 13.3. The van der Waals surface area contributed by atoms with Crippen molar-refractivity contribution in [3.63, 3.8) is 0 Å². The van der Waals surface area contributed by atoms with Crippen LogP contribution in [-0.2, 0) is 4.79 Å². The molecule has 1 aromatic carbocycles. The molecular formula is C20H19F3N2O3. The van der Waals surface area contributed by atoms with Gasteiger partial charge in [0.25, 0.3) is 0 Å². The summed E-state index contributed by atoms with van der Waals surface area (Å²) < 4.78 is 37.6. The number of carboxylic acids is 1. The van der Waals surface area contributed by atoms with Crippen LogP contribution >= 0.6 is 0 Å². The van der Waals surface area contributed by atoms with E-state index in [1.807, 2.05) is 36.5 Å². The largest absolute Gasteiger partial charge is 0.490 e. The van der Waals surface area contributed by atoms with Crippen molar-refractivity contribution in [2.45, 2.75) is 12.6 Å². The predicted octanol–water partition coefficient (Wildman–Crippen LogP) is 4.13. The Balaban J connectivity index is 0.000000279. The van der Waals surface area contributed by atoms with Gasteiger partial charge in [0.15, 0.2) is 0 Å². The standard InChI is InChI=1S/C18H18N2O.C2HF3O2/c1-2-4-16(5-3-1)21-17-8-15(11-20-12-17)18-7-13-6-14(18)10-19-9-13;3-2(4,5)1(6)7/h1-5,7-8,11-14,19H,6,9-10H2;(H,6,7). The van der Waals surface area contributed by atoms with Crippen LogP contribution in [0.2, 0.25) is 0 Å². The lowest BCUT2D eigenvalue weighted by Gasteiger charge is -2.22. The molecule has 5 nitrogen and oxygen atoms in total. The Morgan fingerprint density at radius 2 is 1.86 bits per heavy atom. The van der Waals surface area contributed by atoms with Gasteiger partial charge in [-0.1, -0.05) is 24.3 Å². The maximum atomic E-state index is 10.6. The average Bonchev–Trinajstić information content (AvgIpc) is 2.96. The zero-order valence-electron chi connectivity index (χ0n) is 14.8. The van der Waals surface area contributed by atoms with Gasteiger partial charge in [0.1, 0.15) is 11.5 Å².